The smallest absolute Gasteiger partial charge is 0.305 e. The molecule has 0 bridgehead atoms. The summed E-state index contributed by atoms with van der Waals surface area (Å²) in [6.45, 7) is 0. The monoisotopic (exact) mass is 302 g/mol. The summed E-state index contributed by atoms with van der Waals surface area (Å²) >= 11 is 0. The van der Waals surface area contributed by atoms with E-state index in [0.717, 1.165) is 10.8 Å². The molecule has 0 saturated heterocycles. The van der Waals surface area contributed by atoms with E-state index in [0.29, 0.717) is 5.56 Å². The first-order chi connectivity index (χ1) is 11.2. The SMILES string of the molecule is O=C1C(=O)c2ccccc2C(O)=C1[n+]1ccc2ccccc2c1. The first-order valence-corrected chi connectivity index (χ1v) is 7.19. The Morgan fingerprint density at radius 3 is 2.17 bits per heavy atom. The number of nitrogens with zero attached hydrogens (tertiary/aromatic N) is 1. The molecule has 0 saturated carbocycles. The number of ketones is 2. The average molecular weight is 302 g/mol. The van der Waals surface area contributed by atoms with Gasteiger partial charge in [0.25, 0.3) is 0 Å². The van der Waals surface area contributed by atoms with E-state index in [-0.39, 0.29) is 17.0 Å². The Hall–Kier alpha value is -3.27. The predicted molar refractivity (Wildman–Crippen MR) is 85.7 cm³/mol. The van der Waals surface area contributed by atoms with Crippen LogP contribution in [0.25, 0.3) is 22.2 Å². The number of benzene rings is 2. The maximum absolute atomic E-state index is 12.4. The van der Waals surface area contributed by atoms with Gasteiger partial charge in [-0.1, -0.05) is 42.5 Å². The van der Waals surface area contributed by atoms with Gasteiger partial charge in [0.05, 0.1) is 0 Å². The van der Waals surface area contributed by atoms with E-state index in [1.807, 2.05) is 30.3 Å². The largest absolute Gasteiger partial charge is 0.502 e. The minimum atomic E-state index is -0.707. The van der Waals surface area contributed by atoms with Gasteiger partial charge in [-0.15, -0.1) is 0 Å². The van der Waals surface area contributed by atoms with Crippen LogP contribution in [0.3, 0.4) is 0 Å². The van der Waals surface area contributed by atoms with E-state index >= 15 is 0 Å². The summed E-state index contributed by atoms with van der Waals surface area (Å²) in [5.74, 6) is -1.49. The second kappa shape index (κ2) is 4.88. The minimum Gasteiger partial charge on any atom is -0.502 e. The third-order valence-electron chi connectivity index (χ3n) is 4.02. The molecule has 0 fully saturated rings. The van der Waals surface area contributed by atoms with Crippen molar-refractivity contribution >= 4 is 33.8 Å². The summed E-state index contributed by atoms with van der Waals surface area (Å²) < 4.78 is 1.51. The minimum absolute atomic E-state index is 0.0144. The fraction of sp³-hybridized carbons (Fsp3) is 0. The van der Waals surface area contributed by atoms with Crippen LogP contribution in [0.5, 0.6) is 0 Å². The Morgan fingerprint density at radius 2 is 1.39 bits per heavy atom. The van der Waals surface area contributed by atoms with Crippen molar-refractivity contribution in [3.8, 4) is 0 Å². The summed E-state index contributed by atoms with van der Waals surface area (Å²) in [4.78, 5) is 24.7. The van der Waals surface area contributed by atoms with Gasteiger partial charge in [0, 0.05) is 22.6 Å². The Labute approximate surface area is 131 Å². The highest BCUT2D eigenvalue weighted by Crippen LogP contribution is 2.27. The van der Waals surface area contributed by atoms with Gasteiger partial charge in [-0.3, -0.25) is 9.59 Å². The van der Waals surface area contributed by atoms with E-state index in [4.69, 9.17) is 0 Å². The molecule has 1 heterocycles. The van der Waals surface area contributed by atoms with Crippen molar-refractivity contribution in [3.63, 3.8) is 0 Å². The molecule has 1 aliphatic rings. The molecule has 23 heavy (non-hydrogen) atoms. The zero-order valence-electron chi connectivity index (χ0n) is 12.1. The van der Waals surface area contributed by atoms with Gasteiger partial charge in [0.1, 0.15) is 0 Å². The lowest BCUT2D eigenvalue weighted by molar-refractivity contribution is -0.575. The molecule has 0 spiro atoms. The van der Waals surface area contributed by atoms with E-state index in [2.05, 4.69) is 0 Å². The fourth-order valence-electron chi connectivity index (χ4n) is 2.86. The molecule has 4 rings (SSSR count). The number of pyridine rings is 1. The second-order valence-corrected chi connectivity index (χ2v) is 5.38. The van der Waals surface area contributed by atoms with Gasteiger partial charge < -0.3 is 5.11 Å². The molecule has 2 aromatic carbocycles. The van der Waals surface area contributed by atoms with Gasteiger partial charge in [-0.2, -0.15) is 4.57 Å². The van der Waals surface area contributed by atoms with E-state index < -0.39 is 11.6 Å². The van der Waals surface area contributed by atoms with Crippen molar-refractivity contribution in [2.75, 3.05) is 0 Å². The van der Waals surface area contributed by atoms with Crippen LogP contribution >= 0.6 is 0 Å². The highest BCUT2D eigenvalue weighted by molar-refractivity contribution is 6.59. The fourth-order valence-corrected chi connectivity index (χ4v) is 2.86. The van der Waals surface area contributed by atoms with Gasteiger partial charge in [-0.05, 0) is 11.5 Å². The van der Waals surface area contributed by atoms with Crippen molar-refractivity contribution in [1.29, 1.82) is 0 Å². The Morgan fingerprint density at radius 1 is 0.739 bits per heavy atom. The first kappa shape index (κ1) is 13.4. The van der Waals surface area contributed by atoms with Gasteiger partial charge in [0.15, 0.2) is 12.4 Å². The third kappa shape index (κ3) is 1.96. The van der Waals surface area contributed by atoms with Crippen LogP contribution in [0.15, 0.2) is 67.0 Å². The number of aliphatic hydroxyl groups is 1. The molecule has 4 nitrogen and oxygen atoms in total. The Kier molecular flexibility index (Phi) is 2.84. The summed E-state index contributed by atoms with van der Waals surface area (Å²) in [6, 6.07) is 16.1. The summed E-state index contributed by atoms with van der Waals surface area (Å²) in [5, 5.41) is 12.4. The normalized spacial score (nSPS) is 14.3. The van der Waals surface area contributed by atoms with E-state index in [1.54, 1.807) is 36.7 Å². The number of aromatic nitrogens is 1. The number of carbonyl (C=O) groups excluding carboxylic acids is 2. The number of rotatable bonds is 1. The van der Waals surface area contributed by atoms with E-state index in [9.17, 15) is 14.7 Å². The summed E-state index contributed by atoms with van der Waals surface area (Å²) in [7, 11) is 0. The van der Waals surface area contributed by atoms with Crippen LogP contribution in [-0.4, -0.2) is 16.7 Å². The molecule has 110 valence electrons. The average Bonchev–Trinajstić information content (AvgIpc) is 2.60. The molecular formula is C19H12NO3+. The quantitative estimate of drug-likeness (QED) is 0.555. The van der Waals surface area contributed by atoms with Crippen molar-refractivity contribution in [3.05, 3.63) is 78.1 Å². The molecule has 3 aromatic rings. The molecule has 0 unspecified atom stereocenters. The third-order valence-corrected chi connectivity index (χ3v) is 4.02. The molecule has 0 radical (unpaired) electrons. The number of fused-ring (bicyclic) bond motifs is 2. The standard InChI is InChI=1S/C19H11NO3/c21-17-14-7-3-4-8-15(14)18(22)19(23)16(17)20-10-9-12-5-1-2-6-13(12)11-20/h1-11H/p+1. The molecule has 0 amide bonds. The number of hydrogen-bond donors (Lipinski definition) is 1. The van der Waals surface area contributed by atoms with Crippen LogP contribution in [-0.2, 0) is 4.79 Å². The van der Waals surface area contributed by atoms with Gasteiger partial charge in [0.2, 0.25) is 11.5 Å². The number of allylic oxidation sites excluding steroid dienone is 1. The van der Waals surface area contributed by atoms with Crippen LogP contribution in [0.2, 0.25) is 0 Å². The molecule has 4 heteroatoms. The van der Waals surface area contributed by atoms with Crippen LogP contribution < -0.4 is 4.57 Å². The summed E-state index contributed by atoms with van der Waals surface area (Å²) in [5.41, 5.74) is 0.604. The van der Waals surface area contributed by atoms with Crippen LogP contribution in [0, 0.1) is 0 Å². The maximum Gasteiger partial charge on any atom is 0.305 e. The highest BCUT2D eigenvalue weighted by atomic mass is 16.3. The number of carbonyl (C=O) groups is 2. The molecule has 0 atom stereocenters. The predicted octanol–water partition coefficient (Wildman–Crippen LogP) is 2.78. The number of hydrogen-bond acceptors (Lipinski definition) is 3. The van der Waals surface area contributed by atoms with Crippen molar-refractivity contribution < 1.29 is 19.3 Å². The zero-order chi connectivity index (χ0) is 16.0. The maximum atomic E-state index is 12.4. The van der Waals surface area contributed by atoms with Crippen molar-refractivity contribution in [2.24, 2.45) is 0 Å². The molecule has 1 N–H and O–H groups in total. The second-order valence-electron chi connectivity index (χ2n) is 5.38. The molecule has 0 aliphatic heterocycles. The highest BCUT2D eigenvalue weighted by Gasteiger charge is 2.39. The van der Waals surface area contributed by atoms with Gasteiger partial charge in [-0.25, -0.2) is 0 Å². The van der Waals surface area contributed by atoms with Gasteiger partial charge >= 0.3 is 11.5 Å². The topological polar surface area (TPSA) is 58.3 Å². The lowest BCUT2D eigenvalue weighted by Crippen LogP contribution is -2.41. The van der Waals surface area contributed by atoms with E-state index in [1.165, 1.54) is 4.57 Å². The lowest BCUT2D eigenvalue weighted by Gasteiger charge is -2.13. The first-order valence-electron chi connectivity index (χ1n) is 7.19. The lowest BCUT2D eigenvalue weighted by atomic mass is 9.91. The molecule has 1 aliphatic carbocycles. The number of Topliss-reactive ketones (excluding diaryl/α,β-unsaturated/α-hetero) is 2. The Balaban J connectivity index is 1.99. The molecule has 1 aromatic heterocycles. The van der Waals surface area contributed by atoms with Crippen molar-refractivity contribution in [2.45, 2.75) is 0 Å². The van der Waals surface area contributed by atoms with Crippen LogP contribution in [0.4, 0.5) is 0 Å². The number of aliphatic hydroxyl groups excluding tert-OH is 1. The molecular weight excluding hydrogens is 290 g/mol. The van der Waals surface area contributed by atoms with Crippen molar-refractivity contribution in [1.82, 2.24) is 0 Å². The van der Waals surface area contributed by atoms with Crippen LogP contribution in [0.1, 0.15) is 15.9 Å². The zero-order valence-corrected chi connectivity index (χ0v) is 12.1. The Bertz CT molecular complexity index is 1020. The summed E-state index contributed by atoms with van der Waals surface area (Å²) in [6.07, 6.45) is 3.41.